The molecule has 3 aromatic rings. The Balaban J connectivity index is 1.84. The van der Waals surface area contributed by atoms with Crippen molar-refractivity contribution in [2.45, 2.75) is 11.4 Å². The lowest BCUT2D eigenvalue weighted by molar-refractivity contribution is 0.253. The molecule has 8 nitrogen and oxygen atoms in total. The summed E-state index contributed by atoms with van der Waals surface area (Å²) in [5.41, 5.74) is 1.66. The van der Waals surface area contributed by atoms with Gasteiger partial charge in [0.2, 0.25) is 0 Å². The van der Waals surface area contributed by atoms with Gasteiger partial charge in [0.25, 0.3) is 10.0 Å². The molecule has 0 saturated heterocycles. The second-order valence-corrected chi connectivity index (χ2v) is 8.71. The third kappa shape index (κ3) is 3.50. The molecular formula is C23H19N3O5S. The van der Waals surface area contributed by atoms with Crippen LogP contribution in [0.5, 0.6) is 11.5 Å². The lowest BCUT2D eigenvalue weighted by Gasteiger charge is -2.36. The van der Waals surface area contributed by atoms with Crippen LogP contribution in [-0.2, 0) is 16.6 Å². The smallest absolute Gasteiger partial charge is 0.343 e. The van der Waals surface area contributed by atoms with Gasteiger partial charge >= 0.3 is 6.03 Å². The van der Waals surface area contributed by atoms with Crippen molar-refractivity contribution < 1.29 is 22.7 Å². The molecule has 0 bridgehead atoms. The van der Waals surface area contributed by atoms with E-state index in [0.717, 1.165) is 9.87 Å². The van der Waals surface area contributed by atoms with E-state index in [2.05, 4.69) is 6.07 Å². The number of hydrogen-bond acceptors (Lipinski definition) is 6. The SMILES string of the molecule is COc1ccc(N2C(=O)N(Cc3ccc(C#N)cc3)c3ccccc3S2(=O)=O)cc1OC. The molecule has 1 aliphatic heterocycles. The average Bonchev–Trinajstić information content (AvgIpc) is 2.82. The van der Waals surface area contributed by atoms with Crippen molar-refractivity contribution in [3.63, 3.8) is 0 Å². The first-order valence-corrected chi connectivity index (χ1v) is 11.0. The summed E-state index contributed by atoms with van der Waals surface area (Å²) < 4.78 is 38.1. The van der Waals surface area contributed by atoms with Gasteiger partial charge in [0.15, 0.2) is 11.5 Å². The van der Waals surface area contributed by atoms with E-state index in [0.29, 0.717) is 22.7 Å². The highest BCUT2D eigenvalue weighted by Gasteiger charge is 2.42. The Morgan fingerprint density at radius 3 is 2.28 bits per heavy atom. The summed E-state index contributed by atoms with van der Waals surface area (Å²) in [5, 5.41) is 9.01. The molecule has 0 atom stereocenters. The van der Waals surface area contributed by atoms with Crippen molar-refractivity contribution in [3.05, 3.63) is 77.9 Å². The number of sulfonamides is 1. The van der Waals surface area contributed by atoms with E-state index in [1.807, 2.05) is 0 Å². The Morgan fingerprint density at radius 2 is 1.62 bits per heavy atom. The number of rotatable bonds is 5. The third-order valence-corrected chi connectivity index (χ3v) is 6.85. The van der Waals surface area contributed by atoms with E-state index >= 15 is 0 Å². The van der Waals surface area contributed by atoms with Crippen molar-refractivity contribution in [1.82, 2.24) is 0 Å². The number of nitriles is 1. The minimum Gasteiger partial charge on any atom is -0.493 e. The first-order chi connectivity index (χ1) is 15.4. The van der Waals surface area contributed by atoms with E-state index < -0.39 is 16.1 Å². The van der Waals surface area contributed by atoms with E-state index in [4.69, 9.17) is 14.7 Å². The lowest BCUT2D eigenvalue weighted by Crippen LogP contribution is -2.50. The Morgan fingerprint density at radius 1 is 0.938 bits per heavy atom. The average molecular weight is 449 g/mol. The molecule has 1 aliphatic rings. The number of fused-ring (bicyclic) bond motifs is 1. The van der Waals surface area contributed by atoms with Crippen LogP contribution in [0.3, 0.4) is 0 Å². The van der Waals surface area contributed by atoms with Crippen molar-refractivity contribution in [2.75, 3.05) is 23.4 Å². The summed E-state index contributed by atoms with van der Waals surface area (Å²) in [4.78, 5) is 14.9. The number of hydrogen-bond donors (Lipinski definition) is 0. The molecule has 162 valence electrons. The second-order valence-electron chi connectivity index (χ2n) is 6.95. The van der Waals surface area contributed by atoms with Gasteiger partial charge in [0, 0.05) is 6.07 Å². The van der Waals surface area contributed by atoms with Gasteiger partial charge in [-0.2, -0.15) is 9.57 Å². The molecule has 4 rings (SSSR count). The van der Waals surface area contributed by atoms with E-state index in [-0.39, 0.29) is 17.1 Å². The van der Waals surface area contributed by atoms with Crippen LogP contribution in [0, 0.1) is 11.3 Å². The maximum atomic E-state index is 13.5. The molecule has 9 heteroatoms. The lowest BCUT2D eigenvalue weighted by atomic mass is 10.1. The van der Waals surface area contributed by atoms with Crippen LogP contribution in [0.15, 0.2) is 71.6 Å². The predicted octanol–water partition coefficient (Wildman–Crippen LogP) is 3.91. The fraction of sp³-hybridized carbons (Fsp3) is 0.130. The number of para-hydroxylation sites is 1. The Bertz CT molecular complexity index is 1330. The van der Waals surface area contributed by atoms with Crippen molar-refractivity contribution in [2.24, 2.45) is 0 Å². The zero-order chi connectivity index (χ0) is 22.9. The molecule has 32 heavy (non-hydrogen) atoms. The second kappa shape index (κ2) is 8.24. The maximum absolute atomic E-state index is 13.5. The Hall–Kier alpha value is -4.03. The number of ether oxygens (including phenoxy) is 2. The standard InChI is InChI=1S/C23H19N3O5S/c1-30-20-12-11-18(13-21(20)31-2)26-23(27)25(15-17-9-7-16(14-24)8-10-17)19-5-3-4-6-22(19)32(26,28)29/h3-13H,15H2,1-2H3. The van der Waals surface area contributed by atoms with Gasteiger partial charge in [-0.05, 0) is 42.0 Å². The third-order valence-electron chi connectivity index (χ3n) is 5.10. The fourth-order valence-corrected chi connectivity index (χ4v) is 5.12. The molecule has 3 aromatic carbocycles. The number of anilines is 2. The summed E-state index contributed by atoms with van der Waals surface area (Å²) >= 11 is 0. The fourth-order valence-electron chi connectivity index (χ4n) is 3.53. The highest BCUT2D eigenvalue weighted by molar-refractivity contribution is 7.94. The highest BCUT2D eigenvalue weighted by Crippen LogP contribution is 2.40. The summed E-state index contributed by atoms with van der Waals surface area (Å²) in [6.45, 7) is 0.126. The van der Waals surface area contributed by atoms with E-state index in [1.165, 1.54) is 37.3 Å². The van der Waals surface area contributed by atoms with Crippen LogP contribution in [0.25, 0.3) is 0 Å². The molecule has 0 fully saturated rings. The predicted molar refractivity (Wildman–Crippen MR) is 118 cm³/mol. The minimum atomic E-state index is -4.16. The van der Waals surface area contributed by atoms with Crippen LogP contribution in [0.4, 0.5) is 16.2 Å². The van der Waals surface area contributed by atoms with Gasteiger partial charge in [0.1, 0.15) is 4.90 Å². The highest BCUT2D eigenvalue weighted by atomic mass is 32.2. The topological polar surface area (TPSA) is 99.9 Å². The zero-order valence-electron chi connectivity index (χ0n) is 17.3. The molecule has 0 N–H and O–H groups in total. The number of benzene rings is 3. The van der Waals surface area contributed by atoms with E-state index in [9.17, 15) is 13.2 Å². The maximum Gasteiger partial charge on any atom is 0.343 e. The van der Waals surface area contributed by atoms with Crippen LogP contribution in [0.1, 0.15) is 11.1 Å². The normalized spacial score (nSPS) is 14.5. The Kier molecular flexibility index (Phi) is 5.47. The van der Waals surface area contributed by atoms with Gasteiger partial charge in [-0.1, -0.05) is 24.3 Å². The molecule has 0 unspecified atom stereocenters. The number of urea groups is 1. The molecule has 0 aromatic heterocycles. The van der Waals surface area contributed by atoms with Crippen molar-refractivity contribution in [1.29, 1.82) is 5.26 Å². The van der Waals surface area contributed by atoms with Crippen molar-refractivity contribution in [3.8, 4) is 17.6 Å². The molecule has 0 aliphatic carbocycles. The van der Waals surface area contributed by atoms with Gasteiger partial charge in [-0.3, -0.25) is 4.90 Å². The summed E-state index contributed by atoms with van der Waals surface area (Å²) in [6, 6.07) is 18.9. The summed E-state index contributed by atoms with van der Waals surface area (Å²) in [7, 11) is -1.26. The summed E-state index contributed by atoms with van der Waals surface area (Å²) in [5.74, 6) is 0.707. The molecule has 0 radical (unpaired) electrons. The molecule has 2 amide bonds. The van der Waals surface area contributed by atoms with Crippen LogP contribution < -0.4 is 18.7 Å². The Labute approximate surface area is 185 Å². The zero-order valence-corrected chi connectivity index (χ0v) is 18.2. The first kappa shape index (κ1) is 21.2. The van der Waals surface area contributed by atoms with Gasteiger partial charge in [-0.15, -0.1) is 0 Å². The molecule has 0 spiro atoms. The number of carbonyl (C=O) groups is 1. The number of amides is 2. The van der Waals surface area contributed by atoms with E-state index in [1.54, 1.807) is 48.5 Å². The van der Waals surface area contributed by atoms with Crippen LogP contribution in [-0.4, -0.2) is 28.7 Å². The number of carbonyl (C=O) groups excluding carboxylic acids is 1. The number of nitrogens with zero attached hydrogens (tertiary/aromatic N) is 3. The van der Waals surface area contributed by atoms with Crippen molar-refractivity contribution >= 4 is 27.4 Å². The molecular weight excluding hydrogens is 430 g/mol. The first-order valence-electron chi connectivity index (χ1n) is 9.57. The van der Waals surface area contributed by atoms with Gasteiger partial charge in [-0.25, -0.2) is 13.2 Å². The molecule has 0 saturated carbocycles. The van der Waals surface area contributed by atoms with Gasteiger partial charge in [0.05, 0.1) is 43.8 Å². The molecule has 1 heterocycles. The summed E-state index contributed by atoms with van der Waals surface area (Å²) in [6.07, 6.45) is 0. The van der Waals surface area contributed by atoms with Gasteiger partial charge < -0.3 is 9.47 Å². The number of methoxy groups -OCH3 is 2. The minimum absolute atomic E-state index is 0.0167. The quantitative estimate of drug-likeness (QED) is 0.586. The van der Waals surface area contributed by atoms with Crippen LogP contribution >= 0.6 is 0 Å². The largest absolute Gasteiger partial charge is 0.493 e. The monoisotopic (exact) mass is 449 g/mol. The van der Waals surface area contributed by atoms with Crippen LogP contribution in [0.2, 0.25) is 0 Å².